The van der Waals surface area contributed by atoms with E-state index in [9.17, 15) is 0 Å². The molecule has 3 nitrogen and oxygen atoms in total. The summed E-state index contributed by atoms with van der Waals surface area (Å²) in [5.74, 6) is 1.72. The van der Waals surface area contributed by atoms with Crippen LogP contribution in [0.15, 0.2) is 33.2 Å². The maximum atomic E-state index is 5.90. The summed E-state index contributed by atoms with van der Waals surface area (Å²) in [7, 11) is 0. The lowest BCUT2D eigenvalue weighted by Crippen LogP contribution is -2.21. The van der Waals surface area contributed by atoms with Crippen molar-refractivity contribution < 1.29 is 9.15 Å². The van der Waals surface area contributed by atoms with Gasteiger partial charge in [-0.2, -0.15) is 0 Å². The molecule has 0 bridgehead atoms. The van der Waals surface area contributed by atoms with Gasteiger partial charge < -0.3 is 14.5 Å². The number of halogens is 1. The van der Waals surface area contributed by atoms with Gasteiger partial charge in [-0.25, -0.2) is 0 Å². The first kappa shape index (κ1) is 14.1. The predicted octanol–water partition coefficient (Wildman–Crippen LogP) is 4.27. The predicted molar refractivity (Wildman–Crippen MR) is 83.9 cm³/mol. The minimum Gasteiger partial charge on any atom is -0.459 e. The van der Waals surface area contributed by atoms with Crippen molar-refractivity contribution in [2.45, 2.75) is 25.8 Å². The molecule has 20 heavy (non-hydrogen) atoms. The van der Waals surface area contributed by atoms with Crippen LogP contribution in [0.5, 0.6) is 0 Å². The number of furan rings is 1. The highest BCUT2D eigenvalue weighted by molar-refractivity contribution is 9.10. The first-order chi connectivity index (χ1) is 9.72. The Morgan fingerprint density at radius 1 is 1.40 bits per heavy atom. The Labute approximate surface area is 127 Å². The Balaban J connectivity index is 1.58. The van der Waals surface area contributed by atoms with Crippen LogP contribution in [0.1, 0.15) is 31.6 Å². The van der Waals surface area contributed by atoms with Crippen molar-refractivity contribution in [3.05, 3.63) is 34.5 Å². The molecule has 1 fully saturated rings. The van der Waals surface area contributed by atoms with Gasteiger partial charge in [0.25, 0.3) is 0 Å². The second-order valence-electron chi connectivity index (χ2n) is 5.53. The minimum atomic E-state index is 0.239. The standard InChI is InChI=1S/C16H20BrNO2/c1-11(18-6-4-12-5-7-19-10-12)16-9-13-8-14(17)2-3-15(13)20-16/h2-3,8-9,11-12,18H,4-7,10H2,1H3. The fraction of sp³-hybridized carbons (Fsp3) is 0.500. The minimum absolute atomic E-state index is 0.239. The SMILES string of the molecule is CC(NCCC1CCOC1)c1cc2cc(Br)ccc2o1. The maximum Gasteiger partial charge on any atom is 0.134 e. The number of ether oxygens (including phenoxy) is 1. The van der Waals surface area contributed by atoms with Crippen molar-refractivity contribution in [1.29, 1.82) is 0 Å². The first-order valence-corrected chi connectivity index (χ1v) is 8.02. The molecule has 2 aromatic rings. The Morgan fingerprint density at radius 2 is 2.30 bits per heavy atom. The maximum absolute atomic E-state index is 5.90. The molecule has 0 aliphatic carbocycles. The third-order valence-corrected chi connectivity index (χ3v) is 4.44. The average molecular weight is 338 g/mol. The van der Waals surface area contributed by atoms with E-state index in [1.807, 2.05) is 12.1 Å². The molecule has 1 N–H and O–H groups in total. The fourth-order valence-electron chi connectivity index (χ4n) is 2.66. The molecule has 3 rings (SSSR count). The lowest BCUT2D eigenvalue weighted by atomic mass is 10.1. The molecule has 4 heteroatoms. The van der Waals surface area contributed by atoms with Crippen LogP contribution in [-0.2, 0) is 4.74 Å². The number of benzene rings is 1. The molecule has 2 heterocycles. The largest absolute Gasteiger partial charge is 0.459 e. The monoisotopic (exact) mass is 337 g/mol. The molecule has 1 aromatic heterocycles. The molecule has 0 spiro atoms. The summed E-state index contributed by atoms with van der Waals surface area (Å²) in [6.07, 6.45) is 2.38. The molecule has 0 radical (unpaired) electrons. The van der Waals surface area contributed by atoms with Gasteiger partial charge in [0.1, 0.15) is 11.3 Å². The number of rotatable bonds is 5. The average Bonchev–Trinajstić information content (AvgIpc) is 3.06. The van der Waals surface area contributed by atoms with E-state index < -0.39 is 0 Å². The highest BCUT2D eigenvalue weighted by Crippen LogP contribution is 2.26. The Bertz CT molecular complexity index is 575. The summed E-state index contributed by atoms with van der Waals surface area (Å²) in [6, 6.07) is 8.46. The molecule has 1 aliphatic rings. The molecule has 108 valence electrons. The van der Waals surface area contributed by atoms with Crippen LogP contribution >= 0.6 is 15.9 Å². The molecular formula is C16H20BrNO2. The summed E-state index contributed by atoms with van der Waals surface area (Å²) in [6.45, 7) is 5.02. The summed E-state index contributed by atoms with van der Waals surface area (Å²) in [5, 5.41) is 4.69. The lowest BCUT2D eigenvalue weighted by Gasteiger charge is -2.13. The zero-order valence-corrected chi connectivity index (χ0v) is 13.3. The van der Waals surface area contributed by atoms with Gasteiger partial charge in [-0.3, -0.25) is 0 Å². The molecule has 1 aromatic carbocycles. The van der Waals surface area contributed by atoms with E-state index in [4.69, 9.17) is 9.15 Å². The molecule has 0 amide bonds. The van der Waals surface area contributed by atoms with Crippen LogP contribution in [0.25, 0.3) is 11.0 Å². The van der Waals surface area contributed by atoms with E-state index in [1.165, 1.54) is 12.8 Å². The van der Waals surface area contributed by atoms with Crippen LogP contribution < -0.4 is 5.32 Å². The molecule has 1 aliphatic heterocycles. The van der Waals surface area contributed by atoms with Gasteiger partial charge in [0.2, 0.25) is 0 Å². The molecule has 0 saturated carbocycles. The smallest absolute Gasteiger partial charge is 0.134 e. The van der Waals surface area contributed by atoms with Gasteiger partial charge in [-0.05, 0) is 56.5 Å². The van der Waals surface area contributed by atoms with Gasteiger partial charge in [0, 0.05) is 23.1 Å². The molecule has 1 saturated heterocycles. The first-order valence-electron chi connectivity index (χ1n) is 7.22. The topological polar surface area (TPSA) is 34.4 Å². The van der Waals surface area contributed by atoms with Crippen molar-refractivity contribution in [1.82, 2.24) is 5.32 Å². The number of hydrogen-bond acceptors (Lipinski definition) is 3. The molecule has 2 unspecified atom stereocenters. The van der Waals surface area contributed by atoms with Crippen LogP contribution in [0.3, 0.4) is 0 Å². The van der Waals surface area contributed by atoms with Gasteiger partial charge in [0.05, 0.1) is 6.04 Å². The van der Waals surface area contributed by atoms with E-state index >= 15 is 0 Å². The van der Waals surface area contributed by atoms with Crippen LogP contribution in [-0.4, -0.2) is 19.8 Å². The van der Waals surface area contributed by atoms with Crippen LogP contribution in [0.4, 0.5) is 0 Å². The van der Waals surface area contributed by atoms with Gasteiger partial charge >= 0.3 is 0 Å². The van der Waals surface area contributed by atoms with Crippen molar-refractivity contribution >= 4 is 26.9 Å². The second kappa shape index (κ2) is 6.29. The fourth-order valence-corrected chi connectivity index (χ4v) is 3.04. The lowest BCUT2D eigenvalue weighted by molar-refractivity contribution is 0.184. The van der Waals surface area contributed by atoms with E-state index in [0.717, 1.165) is 46.9 Å². The van der Waals surface area contributed by atoms with Gasteiger partial charge in [-0.1, -0.05) is 15.9 Å². The number of nitrogens with one attached hydrogen (secondary N) is 1. The van der Waals surface area contributed by atoms with Crippen LogP contribution in [0.2, 0.25) is 0 Å². The van der Waals surface area contributed by atoms with Crippen molar-refractivity contribution in [3.8, 4) is 0 Å². The number of hydrogen-bond donors (Lipinski definition) is 1. The summed E-state index contributed by atoms with van der Waals surface area (Å²) < 4.78 is 12.4. The second-order valence-corrected chi connectivity index (χ2v) is 6.44. The third kappa shape index (κ3) is 3.25. The summed E-state index contributed by atoms with van der Waals surface area (Å²) in [5.41, 5.74) is 0.945. The zero-order valence-electron chi connectivity index (χ0n) is 11.7. The Kier molecular flexibility index (Phi) is 4.44. The quantitative estimate of drug-likeness (QED) is 0.884. The van der Waals surface area contributed by atoms with E-state index in [-0.39, 0.29) is 6.04 Å². The van der Waals surface area contributed by atoms with E-state index in [1.54, 1.807) is 0 Å². The summed E-state index contributed by atoms with van der Waals surface area (Å²) >= 11 is 3.49. The van der Waals surface area contributed by atoms with Crippen LogP contribution in [0, 0.1) is 5.92 Å². The van der Waals surface area contributed by atoms with E-state index in [0.29, 0.717) is 0 Å². The van der Waals surface area contributed by atoms with Gasteiger partial charge in [0.15, 0.2) is 0 Å². The van der Waals surface area contributed by atoms with Gasteiger partial charge in [-0.15, -0.1) is 0 Å². The highest BCUT2D eigenvalue weighted by atomic mass is 79.9. The Hall–Kier alpha value is -0.840. The molecule has 2 atom stereocenters. The summed E-state index contributed by atoms with van der Waals surface area (Å²) in [4.78, 5) is 0. The normalized spacial score (nSPS) is 20.6. The van der Waals surface area contributed by atoms with Crippen molar-refractivity contribution in [3.63, 3.8) is 0 Å². The third-order valence-electron chi connectivity index (χ3n) is 3.95. The Morgan fingerprint density at radius 3 is 3.10 bits per heavy atom. The molecular weight excluding hydrogens is 318 g/mol. The highest BCUT2D eigenvalue weighted by Gasteiger charge is 2.16. The van der Waals surface area contributed by atoms with E-state index in [2.05, 4.69) is 40.3 Å². The van der Waals surface area contributed by atoms with Crippen molar-refractivity contribution in [2.75, 3.05) is 19.8 Å². The number of fused-ring (bicyclic) bond motifs is 1. The van der Waals surface area contributed by atoms with Crippen molar-refractivity contribution in [2.24, 2.45) is 5.92 Å². The zero-order chi connectivity index (χ0) is 13.9.